The Balaban J connectivity index is 0.00000225. The van der Waals surface area contributed by atoms with Crippen LogP contribution in [0.15, 0.2) is 36.5 Å². The van der Waals surface area contributed by atoms with Crippen LogP contribution in [0, 0.1) is 0 Å². The van der Waals surface area contributed by atoms with Crippen molar-refractivity contribution in [2.24, 2.45) is 0 Å². The number of hydrogen-bond donors (Lipinski definition) is 2. The molecule has 1 aromatic heterocycles. The van der Waals surface area contributed by atoms with Crippen molar-refractivity contribution in [1.29, 1.82) is 0 Å². The van der Waals surface area contributed by atoms with E-state index in [4.69, 9.17) is 0 Å². The summed E-state index contributed by atoms with van der Waals surface area (Å²) in [5.74, 6) is -0.0680. The normalized spacial score (nSPS) is 19.5. The van der Waals surface area contributed by atoms with Crippen LogP contribution in [-0.2, 0) is 13.0 Å². The molecule has 1 saturated heterocycles. The zero-order chi connectivity index (χ0) is 18.5. The lowest BCUT2D eigenvalue weighted by Crippen LogP contribution is -2.34. The quantitative estimate of drug-likeness (QED) is 0.727. The molecule has 1 unspecified atom stereocenters. The van der Waals surface area contributed by atoms with Crippen LogP contribution in [0.4, 0.5) is 0 Å². The van der Waals surface area contributed by atoms with Gasteiger partial charge in [0.1, 0.15) is 5.69 Å². The predicted molar refractivity (Wildman–Crippen MR) is 113 cm³/mol. The lowest BCUT2D eigenvalue weighted by Gasteiger charge is -2.28. The fourth-order valence-electron chi connectivity index (χ4n) is 4.06. The third-order valence-corrected chi connectivity index (χ3v) is 5.63. The average molecular weight is 404 g/mol. The molecule has 28 heavy (non-hydrogen) atoms. The van der Waals surface area contributed by atoms with Gasteiger partial charge in [-0.25, -0.2) is 0 Å². The van der Waals surface area contributed by atoms with Crippen LogP contribution in [-0.4, -0.2) is 53.3 Å². The molecule has 0 aliphatic carbocycles. The van der Waals surface area contributed by atoms with E-state index >= 15 is 0 Å². The maximum atomic E-state index is 12.3. The molecule has 2 aliphatic rings. The van der Waals surface area contributed by atoms with Gasteiger partial charge in [-0.1, -0.05) is 24.3 Å². The summed E-state index contributed by atoms with van der Waals surface area (Å²) in [6.07, 6.45) is 6.29. The molecule has 7 heteroatoms. The van der Waals surface area contributed by atoms with E-state index in [9.17, 15) is 4.79 Å². The predicted octanol–water partition coefficient (Wildman–Crippen LogP) is 2.41. The summed E-state index contributed by atoms with van der Waals surface area (Å²) in [5.41, 5.74) is 3.44. The second-order valence-corrected chi connectivity index (χ2v) is 7.59. The summed E-state index contributed by atoms with van der Waals surface area (Å²) in [6, 6.07) is 10.9. The molecule has 6 nitrogen and oxygen atoms in total. The van der Waals surface area contributed by atoms with E-state index in [1.807, 2.05) is 16.9 Å². The van der Waals surface area contributed by atoms with Gasteiger partial charge in [-0.15, -0.1) is 12.4 Å². The summed E-state index contributed by atoms with van der Waals surface area (Å²) in [5, 5.41) is 10.9. The maximum Gasteiger partial charge on any atom is 0.271 e. The van der Waals surface area contributed by atoms with Gasteiger partial charge < -0.3 is 10.6 Å². The molecule has 152 valence electrons. The first-order valence-electron chi connectivity index (χ1n) is 10.1. The fourth-order valence-corrected chi connectivity index (χ4v) is 4.06. The molecule has 2 N–H and O–H groups in total. The number of nitrogens with zero attached hydrogens (tertiary/aromatic N) is 3. The van der Waals surface area contributed by atoms with Crippen molar-refractivity contribution >= 4 is 18.3 Å². The fraction of sp³-hybridized carbons (Fsp3) is 0.524. The molecule has 2 aromatic rings. The second-order valence-electron chi connectivity index (χ2n) is 7.59. The van der Waals surface area contributed by atoms with Crippen LogP contribution >= 0.6 is 12.4 Å². The monoisotopic (exact) mass is 403 g/mol. The Labute approximate surface area is 173 Å². The molecular formula is C21H30ClN5O. The van der Waals surface area contributed by atoms with Gasteiger partial charge in [-0.05, 0) is 49.4 Å². The first-order chi connectivity index (χ1) is 13.3. The Kier molecular flexibility index (Phi) is 7.48. The highest BCUT2D eigenvalue weighted by atomic mass is 35.5. The number of halogens is 1. The topological polar surface area (TPSA) is 62.2 Å². The number of amides is 1. The number of rotatable bonds is 6. The number of carbonyl (C=O) groups is 1. The highest BCUT2D eigenvalue weighted by Gasteiger charge is 2.18. The van der Waals surface area contributed by atoms with Gasteiger partial charge in [0.15, 0.2) is 0 Å². The van der Waals surface area contributed by atoms with E-state index in [1.54, 1.807) is 0 Å². The Morgan fingerprint density at radius 1 is 1.25 bits per heavy atom. The number of benzene rings is 1. The first kappa shape index (κ1) is 20.8. The highest BCUT2D eigenvalue weighted by Crippen LogP contribution is 2.18. The van der Waals surface area contributed by atoms with E-state index in [1.165, 1.54) is 11.1 Å². The number of hydrogen-bond acceptors (Lipinski definition) is 4. The van der Waals surface area contributed by atoms with Crippen LogP contribution in [0.2, 0.25) is 0 Å². The molecule has 0 spiro atoms. The van der Waals surface area contributed by atoms with Gasteiger partial charge in [0, 0.05) is 38.9 Å². The highest BCUT2D eigenvalue weighted by molar-refractivity contribution is 5.92. The number of aromatic nitrogens is 2. The molecule has 2 aliphatic heterocycles. The van der Waals surface area contributed by atoms with Crippen LogP contribution in [0.3, 0.4) is 0 Å². The largest absolute Gasteiger partial charge is 0.351 e. The average Bonchev–Trinajstić information content (AvgIpc) is 3.22. The molecule has 1 aromatic carbocycles. The van der Waals surface area contributed by atoms with Gasteiger partial charge >= 0.3 is 0 Å². The van der Waals surface area contributed by atoms with Crippen LogP contribution in [0.1, 0.15) is 46.9 Å². The van der Waals surface area contributed by atoms with E-state index in [2.05, 4.69) is 44.9 Å². The molecule has 4 rings (SSSR count). The minimum atomic E-state index is -0.0680. The SMILES string of the molecule is Cl.O=C(NCCCN1CCc2ccccc2C1)c1ccn(C2CCCNC2)n1. The van der Waals surface area contributed by atoms with Crippen LogP contribution in [0.5, 0.6) is 0 Å². The van der Waals surface area contributed by atoms with E-state index in [-0.39, 0.29) is 18.3 Å². The molecule has 0 radical (unpaired) electrons. The summed E-state index contributed by atoms with van der Waals surface area (Å²) < 4.78 is 1.94. The van der Waals surface area contributed by atoms with Crippen molar-refractivity contribution < 1.29 is 4.79 Å². The lowest BCUT2D eigenvalue weighted by molar-refractivity contribution is 0.0945. The Hall–Kier alpha value is -1.89. The van der Waals surface area contributed by atoms with E-state index in [0.29, 0.717) is 18.3 Å². The number of piperidine rings is 1. The van der Waals surface area contributed by atoms with Crippen molar-refractivity contribution in [3.05, 3.63) is 53.3 Å². The molecular weight excluding hydrogens is 374 g/mol. The zero-order valence-electron chi connectivity index (χ0n) is 16.3. The van der Waals surface area contributed by atoms with Crippen LogP contribution in [0.25, 0.3) is 0 Å². The van der Waals surface area contributed by atoms with Gasteiger partial charge in [0.2, 0.25) is 0 Å². The maximum absolute atomic E-state index is 12.3. The Morgan fingerprint density at radius 2 is 2.11 bits per heavy atom. The second kappa shape index (κ2) is 10.0. The Bertz CT molecular complexity index is 772. The Morgan fingerprint density at radius 3 is 2.93 bits per heavy atom. The van der Waals surface area contributed by atoms with Crippen molar-refractivity contribution in [1.82, 2.24) is 25.3 Å². The van der Waals surface area contributed by atoms with Gasteiger partial charge in [0.05, 0.1) is 6.04 Å². The first-order valence-corrected chi connectivity index (χ1v) is 10.1. The molecule has 1 amide bonds. The van der Waals surface area contributed by atoms with Gasteiger partial charge in [0.25, 0.3) is 5.91 Å². The molecule has 0 bridgehead atoms. The third-order valence-electron chi connectivity index (χ3n) is 5.63. The van der Waals surface area contributed by atoms with Crippen molar-refractivity contribution in [2.75, 3.05) is 32.7 Å². The minimum absolute atomic E-state index is 0. The smallest absolute Gasteiger partial charge is 0.271 e. The standard InChI is InChI=1S/C21H29N5O.ClH/c27-21(20-9-14-26(24-20)19-7-3-10-22-15-19)23-11-4-12-25-13-8-17-5-1-2-6-18(17)16-25;/h1-2,5-6,9,14,19,22H,3-4,7-8,10-13,15-16H2,(H,23,27);1H. The third kappa shape index (κ3) is 5.13. The summed E-state index contributed by atoms with van der Waals surface area (Å²) in [7, 11) is 0. The summed E-state index contributed by atoms with van der Waals surface area (Å²) in [4.78, 5) is 14.8. The number of nitrogens with one attached hydrogen (secondary N) is 2. The van der Waals surface area contributed by atoms with Gasteiger partial charge in [-0.3, -0.25) is 14.4 Å². The van der Waals surface area contributed by atoms with Gasteiger partial charge in [-0.2, -0.15) is 5.10 Å². The van der Waals surface area contributed by atoms with Crippen molar-refractivity contribution in [3.63, 3.8) is 0 Å². The van der Waals surface area contributed by atoms with E-state index < -0.39 is 0 Å². The summed E-state index contributed by atoms with van der Waals surface area (Å²) in [6.45, 7) is 5.83. The lowest BCUT2D eigenvalue weighted by atomic mass is 10.00. The molecule has 1 atom stereocenters. The molecule has 3 heterocycles. The number of carbonyl (C=O) groups excluding carboxylic acids is 1. The minimum Gasteiger partial charge on any atom is -0.351 e. The van der Waals surface area contributed by atoms with Crippen molar-refractivity contribution in [3.8, 4) is 0 Å². The van der Waals surface area contributed by atoms with Crippen LogP contribution < -0.4 is 10.6 Å². The summed E-state index contributed by atoms with van der Waals surface area (Å²) >= 11 is 0. The van der Waals surface area contributed by atoms with E-state index in [0.717, 1.165) is 58.4 Å². The molecule has 1 fully saturated rings. The number of fused-ring (bicyclic) bond motifs is 1. The molecule has 0 saturated carbocycles. The zero-order valence-corrected chi connectivity index (χ0v) is 17.1. The van der Waals surface area contributed by atoms with Crippen molar-refractivity contribution in [2.45, 2.75) is 38.3 Å².